The van der Waals surface area contributed by atoms with Gasteiger partial charge in [-0.2, -0.15) is 0 Å². The van der Waals surface area contributed by atoms with Crippen LogP contribution < -0.4 is 0 Å². The maximum absolute atomic E-state index is 12.0. The molecule has 0 aliphatic heterocycles. The minimum atomic E-state index is -0.687. The van der Waals surface area contributed by atoms with E-state index < -0.39 is 4.65 Å². The van der Waals surface area contributed by atoms with E-state index >= 15 is 0 Å². The van der Waals surface area contributed by atoms with E-state index in [0.29, 0.717) is 5.56 Å². The largest absolute Gasteiger partial charge is 0.377 e. The fraction of sp³-hybridized carbons (Fsp3) is 0.154. The Kier molecular flexibility index (Phi) is 2.50. The minimum absolute atomic E-state index is 0.309. The predicted molar refractivity (Wildman–Crippen MR) is 62.2 cm³/mol. The summed E-state index contributed by atoms with van der Waals surface area (Å²) >= 11 is 0. The average molecular weight is 216 g/mol. The highest BCUT2D eigenvalue weighted by Gasteiger charge is 2.27. The molecule has 0 fully saturated rings. The molecular formula is C13H14NO2+. The Morgan fingerprint density at radius 2 is 1.69 bits per heavy atom. The molecule has 1 amide bonds. The number of hydroxylamine groups is 3. The van der Waals surface area contributed by atoms with Gasteiger partial charge in [-0.25, -0.2) is 10.0 Å². The molecule has 82 valence electrons. The Morgan fingerprint density at radius 1 is 1.06 bits per heavy atom. The van der Waals surface area contributed by atoms with Gasteiger partial charge in [0.1, 0.15) is 14.1 Å². The smallest absolute Gasteiger partial charge is 0.222 e. The molecule has 0 bridgehead atoms. The Hall–Kier alpha value is -1.71. The van der Waals surface area contributed by atoms with Crippen molar-refractivity contribution in [2.75, 3.05) is 14.1 Å². The molecule has 0 spiro atoms. The summed E-state index contributed by atoms with van der Waals surface area (Å²) in [7, 11) is 2.90. The average Bonchev–Trinajstić information content (AvgIpc) is 2.26. The first-order chi connectivity index (χ1) is 7.50. The van der Waals surface area contributed by atoms with Crippen LogP contribution in [0, 0.1) is 0 Å². The van der Waals surface area contributed by atoms with Gasteiger partial charge < -0.3 is 0 Å². The highest BCUT2D eigenvalue weighted by atomic mass is 16.6. The summed E-state index contributed by atoms with van der Waals surface area (Å²) in [5.74, 6) is -0.309. The van der Waals surface area contributed by atoms with Crippen molar-refractivity contribution in [3.63, 3.8) is 0 Å². The van der Waals surface area contributed by atoms with Crippen molar-refractivity contribution in [1.29, 1.82) is 0 Å². The molecule has 0 radical (unpaired) electrons. The van der Waals surface area contributed by atoms with Crippen LogP contribution in [0.4, 0.5) is 0 Å². The van der Waals surface area contributed by atoms with Gasteiger partial charge in [0.25, 0.3) is 0 Å². The number of nitrogens with zero attached hydrogens (tertiary/aromatic N) is 1. The monoisotopic (exact) mass is 216 g/mol. The van der Waals surface area contributed by atoms with Gasteiger partial charge in [0.2, 0.25) is 0 Å². The normalized spacial score (nSPS) is 11.7. The Labute approximate surface area is 94.1 Å². The number of rotatable bonds is 1. The zero-order chi connectivity index (χ0) is 11.8. The SMILES string of the molecule is C[N+](C)(O)C(=O)c1cccc2ccccc12. The van der Waals surface area contributed by atoms with Crippen LogP contribution in [0.5, 0.6) is 0 Å². The lowest BCUT2D eigenvalue weighted by Gasteiger charge is -2.17. The van der Waals surface area contributed by atoms with Crippen LogP contribution in [0.1, 0.15) is 10.4 Å². The second kappa shape index (κ2) is 3.70. The van der Waals surface area contributed by atoms with E-state index in [0.717, 1.165) is 10.8 Å². The summed E-state index contributed by atoms with van der Waals surface area (Å²) in [6.07, 6.45) is 0. The number of carbonyl (C=O) groups is 1. The third-order valence-corrected chi connectivity index (χ3v) is 2.52. The van der Waals surface area contributed by atoms with Gasteiger partial charge in [-0.15, -0.1) is 4.65 Å². The molecule has 2 aromatic carbocycles. The summed E-state index contributed by atoms with van der Waals surface area (Å²) in [5, 5.41) is 11.6. The molecule has 2 rings (SSSR count). The summed E-state index contributed by atoms with van der Waals surface area (Å²) in [6, 6.07) is 13.2. The molecule has 0 heterocycles. The lowest BCUT2D eigenvalue weighted by molar-refractivity contribution is -1.00. The van der Waals surface area contributed by atoms with Crippen molar-refractivity contribution in [2.45, 2.75) is 0 Å². The van der Waals surface area contributed by atoms with Crippen molar-refractivity contribution in [2.24, 2.45) is 0 Å². The van der Waals surface area contributed by atoms with Gasteiger partial charge in [0.15, 0.2) is 0 Å². The van der Waals surface area contributed by atoms with Crippen LogP contribution in [0.2, 0.25) is 0 Å². The zero-order valence-corrected chi connectivity index (χ0v) is 9.34. The molecule has 0 aliphatic carbocycles. The van der Waals surface area contributed by atoms with Crippen LogP contribution in [-0.4, -0.2) is 29.9 Å². The molecule has 0 aromatic heterocycles. The van der Waals surface area contributed by atoms with E-state index in [1.165, 1.54) is 14.1 Å². The van der Waals surface area contributed by atoms with Gasteiger partial charge in [0.05, 0.1) is 5.56 Å². The molecule has 2 aromatic rings. The molecule has 3 nitrogen and oxygen atoms in total. The van der Waals surface area contributed by atoms with Gasteiger partial charge >= 0.3 is 5.91 Å². The van der Waals surface area contributed by atoms with Crippen LogP contribution in [0.25, 0.3) is 10.8 Å². The third kappa shape index (κ3) is 1.83. The predicted octanol–water partition coefficient (Wildman–Crippen LogP) is 2.45. The number of hydrogen-bond donors (Lipinski definition) is 1. The van der Waals surface area contributed by atoms with E-state index in [-0.39, 0.29) is 5.91 Å². The van der Waals surface area contributed by atoms with E-state index in [1.807, 2.05) is 36.4 Å². The number of fused-ring (bicyclic) bond motifs is 1. The standard InChI is InChI=1S/C13H14NO2/c1-14(2,16)13(15)12-9-5-7-10-6-3-4-8-11(10)12/h3-9,16H,1-2H3/q+1. The summed E-state index contributed by atoms with van der Waals surface area (Å²) in [5.41, 5.74) is 0.547. The molecule has 0 unspecified atom stereocenters. The molecule has 0 saturated carbocycles. The van der Waals surface area contributed by atoms with Crippen molar-refractivity contribution in [3.8, 4) is 0 Å². The topological polar surface area (TPSA) is 37.3 Å². The first-order valence-corrected chi connectivity index (χ1v) is 5.09. The highest BCUT2D eigenvalue weighted by Crippen LogP contribution is 2.20. The lowest BCUT2D eigenvalue weighted by atomic mass is 10.0. The summed E-state index contributed by atoms with van der Waals surface area (Å²) in [4.78, 5) is 12.0. The fourth-order valence-electron chi connectivity index (χ4n) is 1.71. The van der Waals surface area contributed by atoms with Crippen molar-refractivity contribution >= 4 is 16.7 Å². The van der Waals surface area contributed by atoms with Crippen molar-refractivity contribution in [1.82, 2.24) is 0 Å². The van der Waals surface area contributed by atoms with Crippen LogP contribution in [-0.2, 0) is 0 Å². The quantitative estimate of drug-likeness (QED) is 0.451. The van der Waals surface area contributed by atoms with Gasteiger partial charge in [0, 0.05) is 0 Å². The Morgan fingerprint density at radius 3 is 2.38 bits per heavy atom. The van der Waals surface area contributed by atoms with Crippen molar-refractivity contribution in [3.05, 3.63) is 48.0 Å². The van der Waals surface area contributed by atoms with Crippen molar-refractivity contribution < 1.29 is 14.6 Å². The van der Waals surface area contributed by atoms with E-state index in [2.05, 4.69) is 0 Å². The number of benzene rings is 2. The van der Waals surface area contributed by atoms with E-state index in [1.54, 1.807) is 6.07 Å². The highest BCUT2D eigenvalue weighted by molar-refractivity contribution is 6.03. The maximum atomic E-state index is 12.0. The van der Waals surface area contributed by atoms with Crippen LogP contribution >= 0.6 is 0 Å². The first kappa shape index (κ1) is 10.8. The lowest BCUT2D eigenvalue weighted by Crippen LogP contribution is -2.41. The first-order valence-electron chi connectivity index (χ1n) is 5.09. The molecule has 16 heavy (non-hydrogen) atoms. The van der Waals surface area contributed by atoms with E-state index in [4.69, 9.17) is 0 Å². The molecule has 0 saturated heterocycles. The summed E-state index contributed by atoms with van der Waals surface area (Å²) in [6.45, 7) is 0. The van der Waals surface area contributed by atoms with Gasteiger partial charge in [-0.1, -0.05) is 36.4 Å². The molecule has 1 N–H and O–H groups in total. The second-order valence-corrected chi connectivity index (χ2v) is 4.23. The fourth-order valence-corrected chi connectivity index (χ4v) is 1.71. The molecule has 0 atom stereocenters. The third-order valence-electron chi connectivity index (χ3n) is 2.52. The molecular weight excluding hydrogens is 202 g/mol. The number of hydrogen-bond acceptors (Lipinski definition) is 2. The summed E-state index contributed by atoms with van der Waals surface area (Å²) < 4.78 is -0.687. The minimum Gasteiger partial charge on any atom is -0.222 e. The number of amides is 1. The second-order valence-electron chi connectivity index (χ2n) is 4.23. The zero-order valence-electron chi connectivity index (χ0n) is 9.34. The molecule has 3 heteroatoms. The Balaban J connectivity index is 2.66. The van der Waals surface area contributed by atoms with Crippen LogP contribution in [0.15, 0.2) is 42.5 Å². The maximum Gasteiger partial charge on any atom is 0.377 e. The van der Waals surface area contributed by atoms with Gasteiger partial charge in [-0.3, -0.25) is 0 Å². The molecule has 0 aliphatic rings. The number of carbonyl (C=O) groups excluding carboxylic acids is 1. The van der Waals surface area contributed by atoms with Crippen LogP contribution in [0.3, 0.4) is 0 Å². The Bertz CT molecular complexity index is 536. The number of quaternary nitrogens is 1. The van der Waals surface area contributed by atoms with E-state index in [9.17, 15) is 10.0 Å². The van der Waals surface area contributed by atoms with Gasteiger partial charge in [-0.05, 0) is 16.8 Å².